The van der Waals surface area contributed by atoms with Crippen LogP contribution in [0.3, 0.4) is 0 Å². The Morgan fingerprint density at radius 3 is 2.51 bits per heavy atom. The fourth-order valence-electron chi connectivity index (χ4n) is 4.64. The molecule has 1 aliphatic heterocycles. The van der Waals surface area contributed by atoms with Crippen LogP contribution < -0.4 is 10.2 Å². The average molecular weight is 528 g/mol. The highest BCUT2D eigenvalue weighted by Crippen LogP contribution is 2.34. The summed E-state index contributed by atoms with van der Waals surface area (Å²) in [6, 6.07) is 18.5. The van der Waals surface area contributed by atoms with Crippen molar-refractivity contribution >= 4 is 11.9 Å². The number of nitriles is 1. The first kappa shape index (κ1) is 28.1. The summed E-state index contributed by atoms with van der Waals surface area (Å²) < 4.78 is 10.8. The van der Waals surface area contributed by atoms with Gasteiger partial charge in [0.05, 0.1) is 30.5 Å². The maximum atomic E-state index is 11.9. The third-order valence-corrected chi connectivity index (χ3v) is 6.62. The van der Waals surface area contributed by atoms with Gasteiger partial charge < -0.3 is 19.7 Å². The van der Waals surface area contributed by atoms with E-state index in [2.05, 4.69) is 58.5 Å². The van der Waals surface area contributed by atoms with Gasteiger partial charge >= 0.3 is 6.09 Å². The zero-order chi connectivity index (χ0) is 28.0. The smallest absolute Gasteiger partial charge is 0.407 e. The summed E-state index contributed by atoms with van der Waals surface area (Å²) in [7, 11) is 0. The van der Waals surface area contributed by atoms with Gasteiger partial charge in [-0.2, -0.15) is 5.26 Å². The van der Waals surface area contributed by atoms with Gasteiger partial charge in [-0.25, -0.2) is 14.8 Å². The van der Waals surface area contributed by atoms with E-state index in [-0.39, 0.29) is 5.92 Å². The molecular formula is C31H37N5O3. The number of ether oxygens (including phenoxy) is 2. The average Bonchev–Trinajstić information content (AvgIpc) is 2.92. The van der Waals surface area contributed by atoms with Crippen molar-refractivity contribution in [2.75, 3.05) is 37.7 Å². The first-order valence-electron chi connectivity index (χ1n) is 13.4. The van der Waals surface area contributed by atoms with Gasteiger partial charge in [-0.15, -0.1) is 0 Å². The molecule has 1 aliphatic rings. The topological polar surface area (TPSA) is 100 Å². The number of aromatic nitrogens is 2. The van der Waals surface area contributed by atoms with Gasteiger partial charge in [0, 0.05) is 31.6 Å². The number of carbonyl (C=O) groups is 1. The van der Waals surface area contributed by atoms with E-state index in [0.717, 1.165) is 52.7 Å². The molecule has 1 saturated heterocycles. The lowest BCUT2D eigenvalue weighted by Gasteiger charge is -2.28. The molecule has 8 heteroatoms. The number of alkyl carbamates (subject to hydrolysis) is 1. The molecule has 4 rings (SSSR count). The summed E-state index contributed by atoms with van der Waals surface area (Å²) in [5.74, 6) is 1.59. The summed E-state index contributed by atoms with van der Waals surface area (Å²) in [5.41, 5.74) is 5.29. The van der Waals surface area contributed by atoms with Gasteiger partial charge in [-0.3, -0.25) is 0 Å². The van der Waals surface area contributed by atoms with Gasteiger partial charge in [-0.1, -0.05) is 37.3 Å². The number of benzene rings is 2. The van der Waals surface area contributed by atoms with Crippen molar-refractivity contribution in [3.8, 4) is 17.2 Å². The maximum absolute atomic E-state index is 11.9. The van der Waals surface area contributed by atoms with Crippen LogP contribution >= 0.6 is 0 Å². The van der Waals surface area contributed by atoms with E-state index in [0.29, 0.717) is 31.7 Å². The van der Waals surface area contributed by atoms with Crippen LogP contribution in [-0.4, -0.2) is 54.5 Å². The Hall–Kier alpha value is -3.96. The van der Waals surface area contributed by atoms with Crippen LogP contribution in [0.1, 0.15) is 61.8 Å². The van der Waals surface area contributed by atoms with Gasteiger partial charge in [-0.05, 0) is 68.5 Å². The summed E-state index contributed by atoms with van der Waals surface area (Å²) in [4.78, 5) is 23.6. The molecule has 0 bridgehead atoms. The van der Waals surface area contributed by atoms with Crippen molar-refractivity contribution in [2.45, 2.75) is 52.6 Å². The fraction of sp³-hybridized carbons (Fsp3) is 0.419. The molecule has 204 valence electrons. The molecule has 1 N–H and O–H groups in total. The highest BCUT2D eigenvalue weighted by Gasteiger charge is 2.20. The van der Waals surface area contributed by atoms with E-state index in [1.807, 2.05) is 45.9 Å². The Balaban J connectivity index is 1.55. The number of carbonyl (C=O) groups excluding carboxylic acids is 1. The molecule has 1 atom stereocenters. The molecule has 0 spiro atoms. The number of nitrogens with one attached hydrogen (secondary N) is 1. The van der Waals surface area contributed by atoms with Crippen molar-refractivity contribution in [1.29, 1.82) is 5.26 Å². The summed E-state index contributed by atoms with van der Waals surface area (Å²) in [6.45, 7) is 13.1. The second kappa shape index (κ2) is 12.3. The van der Waals surface area contributed by atoms with E-state index in [9.17, 15) is 10.1 Å². The lowest BCUT2D eigenvalue weighted by molar-refractivity contribution is 0.0528. The molecule has 0 aliphatic carbocycles. The zero-order valence-electron chi connectivity index (χ0n) is 23.5. The normalized spacial score (nSPS) is 14.4. The van der Waals surface area contributed by atoms with E-state index in [4.69, 9.17) is 14.5 Å². The monoisotopic (exact) mass is 527 g/mol. The van der Waals surface area contributed by atoms with Crippen molar-refractivity contribution in [3.63, 3.8) is 0 Å². The number of amides is 1. The largest absolute Gasteiger partial charge is 0.444 e. The Bertz CT molecular complexity index is 1340. The first-order chi connectivity index (χ1) is 18.6. The summed E-state index contributed by atoms with van der Waals surface area (Å²) >= 11 is 0. The molecule has 1 amide bonds. The SMILES string of the molecule is Cc1nc(C(C)c2cc(C#N)ccc2-c2ccc(CCNC(=O)OC(C)(C)C)cc2)cc(N2CCOCC2)n1. The van der Waals surface area contributed by atoms with Gasteiger partial charge in [0.1, 0.15) is 17.2 Å². The molecule has 2 aromatic carbocycles. The lowest BCUT2D eigenvalue weighted by Crippen LogP contribution is -2.37. The molecule has 1 fully saturated rings. The number of nitrogens with zero attached hydrogens (tertiary/aromatic N) is 4. The number of rotatable bonds is 7. The fourth-order valence-corrected chi connectivity index (χ4v) is 4.64. The highest BCUT2D eigenvalue weighted by atomic mass is 16.6. The van der Waals surface area contributed by atoms with Crippen LogP contribution in [0.2, 0.25) is 0 Å². The van der Waals surface area contributed by atoms with Gasteiger partial charge in [0.15, 0.2) is 0 Å². The summed E-state index contributed by atoms with van der Waals surface area (Å²) in [6.07, 6.45) is 0.285. The number of morpholine rings is 1. The summed E-state index contributed by atoms with van der Waals surface area (Å²) in [5, 5.41) is 12.4. The van der Waals surface area contributed by atoms with Crippen LogP contribution in [0.15, 0.2) is 48.5 Å². The quantitative estimate of drug-likeness (QED) is 0.440. The van der Waals surface area contributed by atoms with Crippen LogP contribution in [0.25, 0.3) is 11.1 Å². The van der Waals surface area contributed by atoms with Crippen LogP contribution in [0.4, 0.5) is 10.6 Å². The maximum Gasteiger partial charge on any atom is 0.407 e. The molecule has 3 aromatic rings. The Kier molecular flexibility index (Phi) is 8.82. The van der Waals surface area contributed by atoms with Gasteiger partial charge in [0.2, 0.25) is 0 Å². The van der Waals surface area contributed by atoms with Gasteiger partial charge in [0.25, 0.3) is 0 Å². The Morgan fingerprint density at radius 2 is 1.85 bits per heavy atom. The third kappa shape index (κ3) is 7.55. The minimum absolute atomic E-state index is 0.0486. The molecule has 0 saturated carbocycles. The lowest BCUT2D eigenvalue weighted by atomic mass is 9.88. The first-order valence-corrected chi connectivity index (χ1v) is 13.4. The van der Waals surface area contributed by atoms with E-state index in [1.165, 1.54) is 0 Å². The third-order valence-electron chi connectivity index (χ3n) is 6.62. The molecular weight excluding hydrogens is 490 g/mol. The molecule has 1 unspecified atom stereocenters. The second-order valence-electron chi connectivity index (χ2n) is 10.8. The van der Waals surface area contributed by atoms with E-state index >= 15 is 0 Å². The van der Waals surface area contributed by atoms with Crippen molar-refractivity contribution < 1.29 is 14.3 Å². The number of hydrogen-bond donors (Lipinski definition) is 1. The second-order valence-corrected chi connectivity index (χ2v) is 10.8. The van der Waals surface area contributed by atoms with Crippen LogP contribution in [0.5, 0.6) is 0 Å². The molecule has 0 radical (unpaired) electrons. The van der Waals surface area contributed by atoms with E-state index < -0.39 is 11.7 Å². The minimum Gasteiger partial charge on any atom is -0.444 e. The molecule has 1 aromatic heterocycles. The molecule has 8 nitrogen and oxygen atoms in total. The Labute approximate surface area is 231 Å². The van der Waals surface area contributed by atoms with E-state index in [1.54, 1.807) is 0 Å². The van der Waals surface area contributed by atoms with Crippen molar-refractivity contribution in [2.24, 2.45) is 0 Å². The molecule has 2 heterocycles. The predicted molar refractivity (Wildman–Crippen MR) is 152 cm³/mol. The standard InChI is InChI=1S/C31H37N5O3/c1-21(28-19-29(35-22(2)34-28)36-14-16-38-17-15-36)27-18-24(20-32)8-11-26(27)25-9-6-23(7-10-25)12-13-33-30(37)39-31(3,4)5/h6-11,18-19,21H,12-17H2,1-5H3,(H,33,37). The predicted octanol–water partition coefficient (Wildman–Crippen LogP) is 5.38. The van der Waals surface area contributed by atoms with Crippen LogP contribution in [-0.2, 0) is 15.9 Å². The van der Waals surface area contributed by atoms with Crippen molar-refractivity contribution in [3.05, 3.63) is 76.7 Å². The number of anilines is 1. The highest BCUT2D eigenvalue weighted by molar-refractivity contribution is 5.70. The number of hydrogen-bond acceptors (Lipinski definition) is 7. The Morgan fingerprint density at radius 1 is 1.13 bits per heavy atom. The van der Waals surface area contributed by atoms with Crippen LogP contribution in [0, 0.1) is 18.3 Å². The minimum atomic E-state index is -0.518. The van der Waals surface area contributed by atoms with Crippen molar-refractivity contribution in [1.82, 2.24) is 15.3 Å². The zero-order valence-corrected chi connectivity index (χ0v) is 23.5. The molecule has 39 heavy (non-hydrogen) atoms. The number of aryl methyl sites for hydroxylation is 1.